The van der Waals surface area contributed by atoms with Gasteiger partial charge in [-0.05, 0) is 30.3 Å². The monoisotopic (exact) mass is 412 g/mol. The topological polar surface area (TPSA) is 119 Å². The maximum atomic E-state index is 13.2. The number of aromatic hydroxyl groups is 1. The minimum absolute atomic E-state index is 0.0283. The summed E-state index contributed by atoms with van der Waals surface area (Å²) in [5.74, 6) is -3.08. The predicted molar refractivity (Wildman–Crippen MR) is 87.8 cm³/mol. The van der Waals surface area contributed by atoms with Gasteiger partial charge in [0, 0.05) is 16.2 Å². The van der Waals surface area contributed by atoms with Gasteiger partial charge in [-0.2, -0.15) is 4.39 Å². The molecule has 0 aliphatic heterocycles. The average molecular weight is 413 g/mol. The minimum atomic E-state index is -1.04. The van der Waals surface area contributed by atoms with E-state index in [0.717, 1.165) is 18.2 Å². The first kappa shape index (κ1) is 18.3. The molecular weight excluding hydrogens is 403 g/mol. The van der Waals surface area contributed by atoms with Crippen LogP contribution in [0.3, 0.4) is 0 Å². The van der Waals surface area contributed by atoms with Crippen molar-refractivity contribution in [2.75, 3.05) is 11.9 Å². The Hall–Kier alpha value is -3.01. The third-order valence-corrected chi connectivity index (χ3v) is 3.43. The van der Waals surface area contributed by atoms with Crippen molar-refractivity contribution in [3.05, 3.63) is 62.4 Å². The van der Waals surface area contributed by atoms with Gasteiger partial charge >= 0.3 is 11.7 Å². The predicted octanol–water partition coefficient (Wildman–Crippen LogP) is 3.00. The Bertz CT molecular complexity index is 858. The molecule has 10 heteroatoms. The second-order valence-corrected chi connectivity index (χ2v) is 5.62. The van der Waals surface area contributed by atoms with Gasteiger partial charge in [-0.15, -0.1) is 0 Å². The molecule has 2 N–H and O–H groups in total. The summed E-state index contributed by atoms with van der Waals surface area (Å²) < 4.78 is 18.5. The molecule has 130 valence electrons. The maximum Gasteiger partial charge on any atom is 0.342 e. The molecule has 0 spiro atoms. The molecule has 0 radical (unpaired) electrons. The Balaban J connectivity index is 1.99. The summed E-state index contributed by atoms with van der Waals surface area (Å²) in [7, 11) is 0. The molecule has 0 aliphatic rings. The highest BCUT2D eigenvalue weighted by Gasteiger charge is 2.17. The number of carbonyl (C=O) groups excluding carboxylic acids is 2. The summed E-state index contributed by atoms with van der Waals surface area (Å²) in [5, 5.41) is 22.5. The van der Waals surface area contributed by atoms with E-state index in [-0.39, 0.29) is 17.0 Å². The van der Waals surface area contributed by atoms with Gasteiger partial charge in [0.05, 0.1) is 4.92 Å². The molecule has 1 amide bonds. The van der Waals surface area contributed by atoms with Crippen molar-refractivity contribution in [1.29, 1.82) is 0 Å². The molecule has 0 heterocycles. The van der Waals surface area contributed by atoms with Gasteiger partial charge < -0.3 is 15.2 Å². The number of hydrogen-bond acceptors (Lipinski definition) is 6. The van der Waals surface area contributed by atoms with Crippen molar-refractivity contribution in [2.45, 2.75) is 0 Å². The first-order valence-electron chi connectivity index (χ1n) is 6.67. The lowest BCUT2D eigenvalue weighted by Crippen LogP contribution is -2.21. The fraction of sp³-hybridized carbons (Fsp3) is 0.0667. The quantitative estimate of drug-likeness (QED) is 0.442. The van der Waals surface area contributed by atoms with Crippen LogP contribution in [-0.2, 0) is 9.53 Å². The first-order valence-corrected chi connectivity index (χ1v) is 7.46. The maximum absolute atomic E-state index is 13.2. The van der Waals surface area contributed by atoms with E-state index in [1.54, 1.807) is 0 Å². The number of nitrogens with one attached hydrogen (secondary N) is 1. The van der Waals surface area contributed by atoms with Gasteiger partial charge in [-0.25, -0.2) is 4.79 Å². The van der Waals surface area contributed by atoms with Crippen LogP contribution in [0.25, 0.3) is 0 Å². The molecule has 2 aromatic rings. The SMILES string of the molecule is O=C(COC(=O)c1cc(Br)ccc1O)Nc1ccc(F)c([N+](=O)[O-])c1. The van der Waals surface area contributed by atoms with Crippen LogP contribution in [0.15, 0.2) is 40.9 Å². The van der Waals surface area contributed by atoms with E-state index in [0.29, 0.717) is 4.47 Å². The van der Waals surface area contributed by atoms with Crippen LogP contribution in [0.4, 0.5) is 15.8 Å². The van der Waals surface area contributed by atoms with Crippen LogP contribution in [0.1, 0.15) is 10.4 Å². The molecule has 0 unspecified atom stereocenters. The molecule has 0 aromatic heterocycles. The molecule has 0 bridgehead atoms. The number of carbonyl (C=O) groups is 2. The highest BCUT2D eigenvalue weighted by atomic mass is 79.9. The number of phenols is 1. The molecule has 2 rings (SSSR count). The van der Waals surface area contributed by atoms with Crippen LogP contribution < -0.4 is 5.32 Å². The van der Waals surface area contributed by atoms with E-state index in [2.05, 4.69) is 21.2 Å². The summed E-state index contributed by atoms with van der Waals surface area (Å²) in [4.78, 5) is 33.3. The van der Waals surface area contributed by atoms with E-state index < -0.39 is 34.9 Å². The number of halogens is 2. The Labute approximate surface area is 148 Å². The molecule has 25 heavy (non-hydrogen) atoms. The highest BCUT2D eigenvalue weighted by Crippen LogP contribution is 2.23. The van der Waals surface area contributed by atoms with Gasteiger partial charge in [0.25, 0.3) is 5.91 Å². The number of nitro groups is 1. The summed E-state index contributed by atoms with van der Waals surface area (Å²) in [6, 6.07) is 6.91. The Morgan fingerprint density at radius 3 is 2.68 bits per heavy atom. The van der Waals surface area contributed by atoms with E-state index >= 15 is 0 Å². The fourth-order valence-electron chi connectivity index (χ4n) is 1.81. The van der Waals surface area contributed by atoms with Crippen molar-refractivity contribution in [1.82, 2.24) is 0 Å². The molecule has 2 aromatic carbocycles. The Morgan fingerprint density at radius 1 is 1.28 bits per heavy atom. The van der Waals surface area contributed by atoms with Gasteiger partial charge in [-0.3, -0.25) is 14.9 Å². The lowest BCUT2D eigenvalue weighted by molar-refractivity contribution is -0.387. The van der Waals surface area contributed by atoms with Crippen LogP contribution in [0, 0.1) is 15.9 Å². The van der Waals surface area contributed by atoms with Crippen molar-refractivity contribution in [3.63, 3.8) is 0 Å². The third kappa shape index (κ3) is 4.73. The number of esters is 1. The number of hydrogen-bond donors (Lipinski definition) is 2. The van der Waals surface area contributed by atoms with E-state index in [1.807, 2.05) is 0 Å². The summed E-state index contributed by atoms with van der Waals surface area (Å²) >= 11 is 3.13. The minimum Gasteiger partial charge on any atom is -0.507 e. The standard InChI is InChI=1S/C15H10BrFN2O6/c16-8-1-4-13(20)10(5-8)15(22)25-7-14(21)18-9-2-3-11(17)12(6-9)19(23)24/h1-6,20H,7H2,(H,18,21). The van der Waals surface area contributed by atoms with Crippen LogP contribution in [-0.4, -0.2) is 28.5 Å². The smallest absolute Gasteiger partial charge is 0.342 e. The van der Waals surface area contributed by atoms with Gasteiger partial charge in [0.1, 0.15) is 11.3 Å². The third-order valence-electron chi connectivity index (χ3n) is 2.94. The lowest BCUT2D eigenvalue weighted by atomic mass is 10.2. The zero-order chi connectivity index (χ0) is 18.6. The summed E-state index contributed by atoms with van der Waals surface area (Å²) in [6.07, 6.45) is 0. The zero-order valence-electron chi connectivity index (χ0n) is 12.4. The average Bonchev–Trinajstić information content (AvgIpc) is 2.56. The van der Waals surface area contributed by atoms with Gasteiger partial charge in [0.15, 0.2) is 6.61 Å². The van der Waals surface area contributed by atoms with Gasteiger partial charge in [0.2, 0.25) is 5.82 Å². The van der Waals surface area contributed by atoms with E-state index in [4.69, 9.17) is 4.74 Å². The molecule has 0 fully saturated rings. The molecule has 0 atom stereocenters. The largest absolute Gasteiger partial charge is 0.507 e. The van der Waals surface area contributed by atoms with Crippen LogP contribution >= 0.6 is 15.9 Å². The van der Waals surface area contributed by atoms with Crippen LogP contribution in [0.5, 0.6) is 5.75 Å². The lowest BCUT2D eigenvalue weighted by Gasteiger charge is -2.08. The number of rotatable bonds is 5. The molecule has 0 saturated heterocycles. The Morgan fingerprint density at radius 2 is 2.00 bits per heavy atom. The number of benzene rings is 2. The number of anilines is 1. The van der Waals surface area contributed by atoms with Gasteiger partial charge in [-0.1, -0.05) is 15.9 Å². The second-order valence-electron chi connectivity index (χ2n) is 4.71. The summed E-state index contributed by atoms with van der Waals surface area (Å²) in [6.45, 7) is -0.698. The number of ether oxygens (including phenoxy) is 1. The Kier molecular flexibility index (Phi) is 5.65. The first-order chi connectivity index (χ1) is 11.8. The van der Waals surface area contributed by atoms with Crippen molar-refractivity contribution in [3.8, 4) is 5.75 Å². The number of amides is 1. The van der Waals surface area contributed by atoms with Crippen LogP contribution in [0.2, 0.25) is 0 Å². The normalized spacial score (nSPS) is 10.2. The molecular formula is C15H10BrFN2O6. The van der Waals surface area contributed by atoms with E-state index in [9.17, 15) is 29.2 Å². The molecule has 8 nitrogen and oxygen atoms in total. The van der Waals surface area contributed by atoms with E-state index in [1.165, 1.54) is 18.2 Å². The fourth-order valence-corrected chi connectivity index (χ4v) is 2.17. The van der Waals surface area contributed by atoms with Crippen molar-refractivity contribution >= 4 is 39.2 Å². The highest BCUT2D eigenvalue weighted by molar-refractivity contribution is 9.10. The number of nitrogens with zero attached hydrogens (tertiary/aromatic N) is 1. The molecule has 0 aliphatic carbocycles. The van der Waals surface area contributed by atoms with Crippen molar-refractivity contribution in [2.24, 2.45) is 0 Å². The summed E-state index contributed by atoms with van der Waals surface area (Å²) in [5.41, 5.74) is -0.965. The second kappa shape index (κ2) is 7.71. The zero-order valence-corrected chi connectivity index (χ0v) is 13.9. The molecule has 0 saturated carbocycles. The number of phenolic OH excluding ortho intramolecular Hbond substituents is 1. The number of nitro benzene ring substituents is 1. The van der Waals surface area contributed by atoms with Crippen molar-refractivity contribution < 1.29 is 28.7 Å².